The van der Waals surface area contributed by atoms with Gasteiger partial charge in [0.15, 0.2) is 0 Å². The summed E-state index contributed by atoms with van der Waals surface area (Å²) in [6.07, 6.45) is 3.72. The smallest absolute Gasteiger partial charge is 0.307 e. The van der Waals surface area contributed by atoms with Crippen LogP contribution in [0.25, 0.3) is 27.6 Å². The van der Waals surface area contributed by atoms with E-state index in [0.717, 1.165) is 38.2 Å². The van der Waals surface area contributed by atoms with Crippen molar-refractivity contribution in [2.45, 2.75) is 44.7 Å². The minimum Gasteiger partial charge on any atom is -0.481 e. The minimum atomic E-state index is -1.34. The maximum absolute atomic E-state index is 14.0. The molecule has 0 aliphatic carbocycles. The molecule has 234 valence electrons. The molecule has 6 nitrogen and oxygen atoms in total. The number of nitrogens with zero attached hydrogens (tertiary/aromatic N) is 1. The maximum Gasteiger partial charge on any atom is 0.307 e. The first-order chi connectivity index (χ1) is 22.2. The van der Waals surface area contributed by atoms with Crippen molar-refractivity contribution in [1.29, 1.82) is 0 Å². The van der Waals surface area contributed by atoms with Crippen molar-refractivity contribution in [3.63, 3.8) is 0 Å². The highest BCUT2D eigenvalue weighted by Crippen LogP contribution is 2.32. The highest BCUT2D eigenvalue weighted by atomic mass is 35.5. The molecule has 5 aromatic rings. The van der Waals surface area contributed by atoms with Crippen molar-refractivity contribution in [1.82, 2.24) is 4.90 Å². The Labute approximate surface area is 273 Å². The lowest BCUT2D eigenvalue weighted by Crippen LogP contribution is -2.43. The van der Waals surface area contributed by atoms with Crippen LogP contribution in [0, 0.1) is 5.92 Å². The molecule has 0 bridgehead atoms. The molecule has 7 heteroatoms. The number of allylic oxidation sites excluding steroid dienone is 1. The van der Waals surface area contributed by atoms with Gasteiger partial charge in [-0.05, 0) is 75.8 Å². The largest absolute Gasteiger partial charge is 0.481 e. The molecule has 46 heavy (non-hydrogen) atoms. The molecule has 2 N–H and O–H groups in total. The number of halogens is 1. The first-order valence-corrected chi connectivity index (χ1v) is 15.7. The quantitative estimate of drug-likeness (QED) is 0.135. The van der Waals surface area contributed by atoms with Crippen LogP contribution in [0.2, 0.25) is 5.02 Å². The zero-order valence-electron chi connectivity index (χ0n) is 25.6. The Morgan fingerprint density at radius 2 is 1.37 bits per heavy atom. The summed E-state index contributed by atoms with van der Waals surface area (Å²) in [6.45, 7) is 2.21. The third-order valence-corrected chi connectivity index (χ3v) is 8.78. The average Bonchev–Trinajstić information content (AvgIpc) is 3.05. The van der Waals surface area contributed by atoms with Crippen LogP contribution in [0.1, 0.15) is 48.8 Å². The summed E-state index contributed by atoms with van der Waals surface area (Å²) in [5.74, 6) is -4.47. The average molecular weight is 634 g/mol. The van der Waals surface area contributed by atoms with Crippen LogP contribution in [-0.4, -0.2) is 39.0 Å². The number of hydrogen-bond acceptors (Lipinski definition) is 3. The fraction of sp³-hybridized carbons (Fsp3) is 0.205. The molecule has 0 aromatic heterocycles. The zero-order chi connectivity index (χ0) is 32.6. The van der Waals surface area contributed by atoms with Gasteiger partial charge in [-0.2, -0.15) is 0 Å². The molecule has 0 aliphatic heterocycles. The summed E-state index contributed by atoms with van der Waals surface area (Å²) < 4.78 is 0. The maximum atomic E-state index is 14.0. The van der Waals surface area contributed by atoms with Gasteiger partial charge in [0, 0.05) is 29.9 Å². The molecule has 0 aliphatic rings. The molecule has 1 amide bonds. The van der Waals surface area contributed by atoms with Gasteiger partial charge in [-0.25, -0.2) is 0 Å². The molecular weight excluding hydrogens is 598 g/mol. The van der Waals surface area contributed by atoms with Gasteiger partial charge in [0.05, 0.1) is 12.3 Å². The third-order valence-electron chi connectivity index (χ3n) is 8.52. The summed E-state index contributed by atoms with van der Waals surface area (Å²) in [4.78, 5) is 39.1. The molecule has 3 atom stereocenters. The van der Waals surface area contributed by atoms with Gasteiger partial charge in [-0.15, -0.1) is 0 Å². The lowest BCUT2D eigenvalue weighted by Gasteiger charge is -2.36. The second kappa shape index (κ2) is 14.9. The van der Waals surface area contributed by atoms with E-state index in [1.165, 1.54) is 0 Å². The summed E-state index contributed by atoms with van der Waals surface area (Å²) in [5.41, 5.74) is 2.94. The summed E-state index contributed by atoms with van der Waals surface area (Å²) in [7, 11) is 0. The van der Waals surface area contributed by atoms with Crippen molar-refractivity contribution < 1.29 is 24.6 Å². The fourth-order valence-electron chi connectivity index (χ4n) is 5.98. The molecule has 0 fully saturated rings. The first-order valence-electron chi connectivity index (χ1n) is 15.3. The standard InChI is InChI=1S/C39H36ClNO5/c1-26(36(31-17-19-35(40)20-18-31)12-6-7-27-13-15-29-8-2-4-10-32(29)21-27)41(37(42)23-34(39(45)46)24-38(43)44)25-28-14-16-30-9-3-5-11-33(30)22-28/h2-11,13-22,26,34,36H,12,23-25H2,1H3,(H,43,44)(H,45,46)/t26-,34-,36+/m1/s1. The van der Waals surface area contributed by atoms with Crippen molar-refractivity contribution in [2.24, 2.45) is 5.92 Å². The Kier molecular flexibility index (Phi) is 10.5. The molecule has 0 saturated heterocycles. The number of aliphatic carboxylic acids is 2. The minimum absolute atomic E-state index is 0.166. The van der Waals surface area contributed by atoms with E-state index in [1.807, 2.05) is 85.8 Å². The Bertz CT molecular complexity index is 1880. The first kappa shape index (κ1) is 32.5. The van der Waals surface area contributed by atoms with Gasteiger partial charge in [0.25, 0.3) is 0 Å². The van der Waals surface area contributed by atoms with E-state index in [-0.39, 0.29) is 18.5 Å². The van der Waals surface area contributed by atoms with E-state index in [1.54, 1.807) is 4.90 Å². The van der Waals surface area contributed by atoms with Crippen LogP contribution < -0.4 is 0 Å². The van der Waals surface area contributed by atoms with Gasteiger partial charge >= 0.3 is 11.9 Å². The Morgan fingerprint density at radius 3 is 2.00 bits per heavy atom. The van der Waals surface area contributed by atoms with Crippen molar-refractivity contribution >= 4 is 57.1 Å². The highest BCUT2D eigenvalue weighted by Gasteiger charge is 2.32. The van der Waals surface area contributed by atoms with Crippen LogP contribution in [0.15, 0.2) is 115 Å². The second-order valence-electron chi connectivity index (χ2n) is 11.7. The van der Waals surface area contributed by atoms with Crippen LogP contribution in [-0.2, 0) is 20.9 Å². The number of carboxylic acid groups (broad SMARTS) is 2. The van der Waals surface area contributed by atoms with Crippen molar-refractivity contribution in [3.05, 3.63) is 137 Å². The third kappa shape index (κ3) is 8.20. The van der Waals surface area contributed by atoms with Gasteiger partial charge in [0.1, 0.15) is 0 Å². The van der Waals surface area contributed by atoms with E-state index in [0.29, 0.717) is 11.4 Å². The van der Waals surface area contributed by atoms with Crippen LogP contribution in [0.3, 0.4) is 0 Å². The molecule has 5 rings (SSSR count). The molecule has 0 spiro atoms. The van der Waals surface area contributed by atoms with Crippen molar-refractivity contribution in [3.8, 4) is 0 Å². The molecule has 0 heterocycles. The SMILES string of the molecule is C[C@H]([C@H](CC=Cc1ccc2ccccc2c1)c1ccc(Cl)cc1)N(Cc1ccc2ccccc2c1)C(=O)C[C@H](CC(=O)O)C(=O)O. The van der Waals surface area contributed by atoms with E-state index in [9.17, 15) is 24.6 Å². The summed E-state index contributed by atoms with van der Waals surface area (Å²) in [5, 5.41) is 24.1. The summed E-state index contributed by atoms with van der Waals surface area (Å²) in [6, 6.07) is 35.6. The van der Waals surface area contributed by atoms with E-state index >= 15 is 0 Å². The monoisotopic (exact) mass is 633 g/mol. The topological polar surface area (TPSA) is 94.9 Å². The van der Waals surface area contributed by atoms with Gasteiger partial charge in [-0.3, -0.25) is 14.4 Å². The Hall–Kier alpha value is -4.94. The van der Waals surface area contributed by atoms with Crippen LogP contribution >= 0.6 is 11.6 Å². The van der Waals surface area contributed by atoms with E-state index in [2.05, 4.69) is 42.5 Å². The lowest BCUT2D eigenvalue weighted by atomic mass is 9.87. The fourth-order valence-corrected chi connectivity index (χ4v) is 6.11. The van der Waals surface area contributed by atoms with Gasteiger partial charge in [-0.1, -0.05) is 109 Å². The molecule has 0 radical (unpaired) electrons. The predicted octanol–water partition coefficient (Wildman–Crippen LogP) is 8.82. The number of rotatable bonds is 13. The normalized spacial score (nSPS) is 13.4. The Morgan fingerprint density at radius 1 is 0.761 bits per heavy atom. The number of benzene rings is 5. The van der Waals surface area contributed by atoms with E-state index in [4.69, 9.17) is 11.6 Å². The number of amides is 1. The second-order valence-corrected chi connectivity index (χ2v) is 12.1. The number of carbonyl (C=O) groups excluding carboxylic acids is 1. The van der Waals surface area contributed by atoms with Crippen LogP contribution in [0.4, 0.5) is 0 Å². The Balaban J connectivity index is 1.48. The molecule has 0 unspecified atom stereocenters. The predicted molar refractivity (Wildman–Crippen MR) is 184 cm³/mol. The van der Waals surface area contributed by atoms with Gasteiger partial charge < -0.3 is 15.1 Å². The number of carbonyl (C=O) groups is 3. The molecular formula is C39H36ClNO5. The van der Waals surface area contributed by atoms with Crippen LogP contribution in [0.5, 0.6) is 0 Å². The van der Waals surface area contributed by atoms with E-state index < -0.39 is 36.6 Å². The zero-order valence-corrected chi connectivity index (χ0v) is 26.3. The van der Waals surface area contributed by atoms with Gasteiger partial charge in [0.2, 0.25) is 5.91 Å². The molecule has 5 aromatic carbocycles. The summed E-state index contributed by atoms with van der Waals surface area (Å²) >= 11 is 6.24. The highest BCUT2D eigenvalue weighted by molar-refractivity contribution is 6.30. The van der Waals surface area contributed by atoms with Crippen molar-refractivity contribution in [2.75, 3.05) is 0 Å². The molecule has 0 saturated carbocycles. The number of hydrogen-bond donors (Lipinski definition) is 2. The number of fused-ring (bicyclic) bond motifs is 2. The number of carboxylic acids is 2. The lowest BCUT2D eigenvalue weighted by molar-refractivity contribution is -0.151.